The number of halogens is 1. The number of rotatable bonds is 7. The van der Waals surface area contributed by atoms with E-state index in [0.717, 1.165) is 56.9 Å². The molecule has 1 aromatic carbocycles. The lowest BCUT2D eigenvalue weighted by Gasteiger charge is -2.36. The predicted molar refractivity (Wildman–Crippen MR) is 107 cm³/mol. The van der Waals surface area contributed by atoms with Crippen molar-refractivity contribution in [2.24, 2.45) is 0 Å². The third-order valence-electron chi connectivity index (χ3n) is 4.87. The minimum atomic E-state index is -0.216. The van der Waals surface area contributed by atoms with E-state index >= 15 is 0 Å². The minimum absolute atomic E-state index is 0.0419. The zero-order valence-electron chi connectivity index (χ0n) is 15.8. The Balaban J connectivity index is 1.56. The maximum atomic E-state index is 13.1. The van der Waals surface area contributed by atoms with Crippen LogP contribution in [0.3, 0.4) is 0 Å². The summed E-state index contributed by atoms with van der Waals surface area (Å²) in [6.45, 7) is 6.15. The topological polar surface area (TPSA) is 48.5 Å². The number of anilines is 2. The normalized spacial score (nSPS) is 14.3. The lowest BCUT2D eigenvalue weighted by Crippen LogP contribution is -2.46. The van der Waals surface area contributed by atoms with Gasteiger partial charge in [0, 0.05) is 50.2 Å². The molecule has 144 valence electrons. The highest BCUT2D eigenvalue weighted by Crippen LogP contribution is 2.20. The van der Waals surface area contributed by atoms with Crippen molar-refractivity contribution in [2.75, 3.05) is 42.5 Å². The largest absolute Gasteiger partial charge is 0.368 e. The van der Waals surface area contributed by atoms with Gasteiger partial charge in [-0.1, -0.05) is 19.8 Å². The van der Waals surface area contributed by atoms with Crippen LogP contribution in [0.4, 0.5) is 15.9 Å². The molecule has 0 unspecified atom stereocenters. The number of carbonyl (C=O) groups is 1. The molecule has 3 rings (SSSR count). The fraction of sp³-hybridized carbons (Fsp3) is 0.429. The number of carbonyl (C=O) groups excluding carboxylic acids is 1. The van der Waals surface area contributed by atoms with Crippen molar-refractivity contribution in [1.82, 2.24) is 10.3 Å². The second kappa shape index (κ2) is 9.35. The fourth-order valence-electron chi connectivity index (χ4n) is 3.26. The van der Waals surface area contributed by atoms with Gasteiger partial charge in [0.05, 0.1) is 0 Å². The van der Waals surface area contributed by atoms with E-state index in [4.69, 9.17) is 0 Å². The summed E-state index contributed by atoms with van der Waals surface area (Å²) in [5.41, 5.74) is 1.68. The summed E-state index contributed by atoms with van der Waals surface area (Å²) >= 11 is 0. The molecule has 1 saturated heterocycles. The van der Waals surface area contributed by atoms with Crippen LogP contribution in [-0.2, 0) is 0 Å². The average Bonchev–Trinajstić information content (AvgIpc) is 2.72. The monoisotopic (exact) mass is 370 g/mol. The van der Waals surface area contributed by atoms with E-state index in [9.17, 15) is 9.18 Å². The Kier molecular flexibility index (Phi) is 6.63. The van der Waals surface area contributed by atoms with Gasteiger partial charge in [0.2, 0.25) is 0 Å². The maximum absolute atomic E-state index is 13.1. The molecule has 1 aliphatic rings. The van der Waals surface area contributed by atoms with Gasteiger partial charge in [-0.05, 0) is 42.8 Å². The Morgan fingerprint density at radius 3 is 2.48 bits per heavy atom. The fourth-order valence-corrected chi connectivity index (χ4v) is 3.26. The SMILES string of the molecule is CCCCCNC(=O)c1ccnc(N2CCN(c3ccc(F)cc3)CC2)c1. The third-order valence-corrected chi connectivity index (χ3v) is 4.87. The molecular weight excluding hydrogens is 343 g/mol. The molecule has 1 aromatic heterocycles. The molecule has 1 amide bonds. The third kappa shape index (κ3) is 5.18. The predicted octanol–water partition coefficient (Wildman–Crippen LogP) is 3.47. The summed E-state index contributed by atoms with van der Waals surface area (Å²) in [7, 11) is 0. The highest BCUT2D eigenvalue weighted by Gasteiger charge is 2.19. The van der Waals surface area contributed by atoms with E-state index in [1.165, 1.54) is 12.1 Å². The number of nitrogens with zero attached hydrogens (tertiary/aromatic N) is 3. The summed E-state index contributed by atoms with van der Waals surface area (Å²) in [6.07, 6.45) is 4.97. The van der Waals surface area contributed by atoms with E-state index in [-0.39, 0.29) is 11.7 Å². The number of piperazine rings is 1. The first-order valence-electron chi connectivity index (χ1n) is 9.67. The zero-order valence-corrected chi connectivity index (χ0v) is 15.8. The summed E-state index contributed by atoms with van der Waals surface area (Å²) in [5.74, 6) is 0.570. The number of benzene rings is 1. The van der Waals surface area contributed by atoms with Crippen LogP contribution < -0.4 is 15.1 Å². The van der Waals surface area contributed by atoms with E-state index in [0.29, 0.717) is 12.1 Å². The van der Waals surface area contributed by atoms with E-state index < -0.39 is 0 Å². The molecule has 27 heavy (non-hydrogen) atoms. The van der Waals surface area contributed by atoms with Gasteiger partial charge in [0.15, 0.2) is 0 Å². The van der Waals surface area contributed by atoms with Gasteiger partial charge in [-0.25, -0.2) is 9.37 Å². The molecule has 2 heterocycles. The maximum Gasteiger partial charge on any atom is 0.251 e. The van der Waals surface area contributed by atoms with Crippen LogP contribution in [0.2, 0.25) is 0 Å². The van der Waals surface area contributed by atoms with Crippen molar-refractivity contribution >= 4 is 17.4 Å². The number of nitrogens with one attached hydrogen (secondary N) is 1. The Bertz CT molecular complexity index is 742. The minimum Gasteiger partial charge on any atom is -0.368 e. The van der Waals surface area contributed by atoms with Crippen LogP contribution in [0.1, 0.15) is 36.5 Å². The molecular formula is C21H27FN4O. The van der Waals surface area contributed by atoms with Crippen molar-refractivity contribution in [1.29, 1.82) is 0 Å². The summed E-state index contributed by atoms with van der Waals surface area (Å²) in [4.78, 5) is 21.2. The van der Waals surface area contributed by atoms with Gasteiger partial charge >= 0.3 is 0 Å². The average molecular weight is 370 g/mol. The van der Waals surface area contributed by atoms with Crippen molar-refractivity contribution in [3.05, 3.63) is 54.0 Å². The van der Waals surface area contributed by atoms with Crippen molar-refractivity contribution in [3.63, 3.8) is 0 Å². The molecule has 1 N–H and O–H groups in total. The quantitative estimate of drug-likeness (QED) is 0.758. The standard InChI is InChI=1S/C21H27FN4O/c1-2-3-4-10-24-21(27)17-9-11-23-20(16-17)26-14-12-25(13-15-26)19-7-5-18(22)6-8-19/h5-9,11,16H,2-4,10,12-15H2,1H3,(H,24,27). The van der Waals surface area contributed by atoms with Gasteiger partial charge in [-0.15, -0.1) is 0 Å². The highest BCUT2D eigenvalue weighted by molar-refractivity contribution is 5.94. The number of unbranched alkanes of at least 4 members (excludes halogenated alkanes) is 2. The highest BCUT2D eigenvalue weighted by atomic mass is 19.1. The van der Waals surface area contributed by atoms with Gasteiger partial charge < -0.3 is 15.1 Å². The van der Waals surface area contributed by atoms with Crippen molar-refractivity contribution < 1.29 is 9.18 Å². The van der Waals surface area contributed by atoms with Gasteiger partial charge in [-0.3, -0.25) is 4.79 Å². The molecule has 1 fully saturated rings. The van der Waals surface area contributed by atoms with Crippen LogP contribution in [0.15, 0.2) is 42.6 Å². The lowest BCUT2D eigenvalue weighted by molar-refractivity contribution is 0.0953. The second-order valence-electron chi connectivity index (χ2n) is 6.82. The first kappa shape index (κ1) is 19.1. The molecule has 0 bridgehead atoms. The van der Waals surface area contributed by atoms with Crippen LogP contribution in [0, 0.1) is 5.82 Å². The number of hydrogen-bond acceptors (Lipinski definition) is 4. The zero-order chi connectivity index (χ0) is 19.1. The Labute approximate surface area is 160 Å². The number of hydrogen-bond donors (Lipinski definition) is 1. The van der Waals surface area contributed by atoms with Gasteiger partial charge in [0.1, 0.15) is 11.6 Å². The van der Waals surface area contributed by atoms with E-state index in [2.05, 4.69) is 27.0 Å². The second-order valence-corrected chi connectivity index (χ2v) is 6.82. The summed E-state index contributed by atoms with van der Waals surface area (Å²) in [5, 5.41) is 2.97. The number of pyridine rings is 1. The molecule has 6 heteroatoms. The molecule has 0 spiro atoms. The van der Waals surface area contributed by atoms with Crippen molar-refractivity contribution in [2.45, 2.75) is 26.2 Å². The van der Waals surface area contributed by atoms with Crippen LogP contribution in [-0.4, -0.2) is 43.6 Å². The molecule has 2 aromatic rings. The molecule has 0 atom stereocenters. The smallest absolute Gasteiger partial charge is 0.251 e. The molecule has 0 radical (unpaired) electrons. The number of aromatic nitrogens is 1. The first-order valence-corrected chi connectivity index (χ1v) is 9.67. The van der Waals surface area contributed by atoms with E-state index in [1.54, 1.807) is 12.3 Å². The van der Waals surface area contributed by atoms with Crippen LogP contribution >= 0.6 is 0 Å². The summed E-state index contributed by atoms with van der Waals surface area (Å²) in [6, 6.07) is 10.2. The van der Waals surface area contributed by atoms with Gasteiger partial charge in [0.25, 0.3) is 5.91 Å². The Morgan fingerprint density at radius 2 is 1.78 bits per heavy atom. The van der Waals surface area contributed by atoms with Gasteiger partial charge in [-0.2, -0.15) is 0 Å². The Hall–Kier alpha value is -2.63. The van der Waals surface area contributed by atoms with E-state index in [1.807, 2.05) is 18.2 Å². The van der Waals surface area contributed by atoms with Crippen molar-refractivity contribution in [3.8, 4) is 0 Å². The molecule has 0 saturated carbocycles. The lowest BCUT2D eigenvalue weighted by atomic mass is 10.2. The number of amides is 1. The molecule has 0 aliphatic carbocycles. The Morgan fingerprint density at radius 1 is 1.07 bits per heavy atom. The summed E-state index contributed by atoms with van der Waals surface area (Å²) < 4.78 is 13.1. The molecule has 1 aliphatic heterocycles. The first-order chi connectivity index (χ1) is 13.2. The van der Waals surface area contributed by atoms with Crippen LogP contribution in [0.25, 0.3) is 0 Å². The van der Waals surface area contributed by atoms with Crippen LogP contribution in [0.5, 0.6) is 0 Å². The molecule has 5 nitrogen and oxygen atoms in total.